The molecule has 0 spiro atoms. The molecule has 2 nitrogen and oxygen atoms in total. The predicted octanol–water partition coefficient (Wildman–Crippen LogP) is 3.98. The Morgan fingerprint density at radius 3 is 2.25 bits per heavy atom. The van der Waals surface area contributed by atoms with Crippen molar-refractivity contribution in [3.8, 4) is 0 Å². The van der Waals surface area contributed by atoms with Gasteiger partial charge in [-0.1, -0.05) is 30.3 Å². The molecule has 0 amide bonds. The lowest BCUT2D eigenvalue weighted by Gasteiger charge is -2.15. The topological polar surface area (TPSA) is 32.3 Å². The van der Waals surface area contributed by atoms with Crippen molar-refractivity contribution in [1.82, 2.24) is 0 Å². The molecular weight excluding hydrogens is 253 g/mol. The van der Waals surface area contributed by atoms with Gasteiger partial charge in [0.25, 0.3) is 0 Å². The maximum Gasteiger partial charge on any atom is 0.123 e. The highest BCUT2D eigenvalue weighted by Gasteiger charge is 2.08. The van der Waals surface area contributed by atoms with Crippen molar-refractivity contribution < 1.29 is 9.50 Å². The molecule has 0 saturated carbocycles. The first-order chi connectivity index (χ1) is 9.58. The predicted molar refractivity (Wildman–Crippen MR) is 80.4 cm³/mol. The van der Waals surface area contributed by atoms with Crippen LogP contribution in [0.1, 0.15) is 29.2 Å². The minimum Gasteiger partial charge on any atom is -0.388 e. The average Bonchev–Trinajstić information content (AvgIpc) is 2.42. The summed E-state index contributed by atoms with van der Waals surface area (Å²) in [5.74, 6) is -0.283. The van der Waals surface area contributed by atoms with E-state index in [0.717, 1.165) is 11.3 Å². The lowest BCUT2D eigenvalue weighted by Crippen LogP contribution is -2.09. The van der Waals surface area contributed by atoms with Gasteiger partial charge in [-0.3, -0.25) is 0 Å². The Bertz CT molecular complexity index is 545. The number of anilines is 1. The number of benzene rings is 2. The molecule has 3 heteroatoms. The first kappa shape index (κ1) is 14.5. The fourth-order valence-corrected chi connectivity index (χ4v) is 2.28. The third-order valence-electron chi connectivity index (χ3n) is 3.46. The number of aliphatic hydroxyl groups excluding tert-OH is 1. The zero-order valence-electron chi connectivity index (χ0n) is 11.9. The van der Waals surface area contributed by atoms with Gasteiger partial charge in [-0.05, 0) is 49.1 Å². The van der Waals surface area contributed by atoms with E-state index in [1.165, 1.54) is 23.3 Å². The van der Waals surface area contributed by atoms with Crippen LogP contribution in [0.15, 0.2) is 42.5 Å². The van der Waals surface area contributed by atoms with Crippen LogP contribution in [0.25, 0.3) is 0 Å². The Hall–Kier alpha value is -1.87. The molecule has 0 radical (unpaired) electrons. The zero-order valence-corrected chi connectivity index (χ0v) is 11.9. The van der Waals surface area contributed by atoms with Gasteiger partial charge in [-0.25, -0.2) is 4.39 Å². The molecule has 0 aliphatic heterocycles. The van der Waals surface area contributed by atoms with Gasteiger partial charge in [-0.2, -0.15) is 0 Å². The number of nitrogens with one attached hydrogen (secondary N) is 1. The molecule has 0 saturated heterocycles. The minimum absolute atomic E-state index is 0.283. The van der Waals surface area contributed by atoms with E-state index in [2.05, 4.69) is 31.3 Å². The van der Waals surface area contributed by atoms with E-state index >= 15 is 0 Å². The van der Waals surface area contributed by atoms with E-state index < -0.39 is 6.10 Å². The SMILES string of the molecule is Cc1cccc(C)c1NCCC(O)c1ccc(F)cc1. The summed E-state index contributed by atoms with van der Waals surface area (Å²) >= 11 is 0. The molecule has 2 aromatic rings. The van der Waals surface area contributed by atoms with Gasteiger partial charge in [0.15, 0.2) is 0 Å². The van der Waals surface area contributed by atoms with E-state index in [1.807, 2.05) is 6.07 Å². The lowest BCUT2D eigenvalue weighted by molar-refractivity contribution is 0.171. The second-order valence-electron chi connectivity index (χ2n) is 5.05. The summed E-state index contributed by atoms with van der Waals surface area (Å²) in [5.41, 5.74) is 4.26. The summed E-state index contributed by atoms with van der Waals surface area (Å²) < 4.78 is 12.8. The quantitative estimate of drug-likeness (QED) is 0.863. The van der Waals surface area contributed by atoms with Gasteiger partial charge >= 0.3 is 0 Å². The molecule has 1 atom stereocenters. The molecule has 2 rings (SSSR count). The number of hydrogen-bond donors (Lipinski definition) is 2. The Morgan fingerprint density at radius 2 is 1.65 bits per heavy atom. The van der Waals surface area contributed by atoms with Crippen LogP contribution in [-0.2, 0) is 0 Å². The molecule has 0 heterocycles. The summed E-state index contributed by atoms with van der Waals surface area (Å²) in [5, 5.41) is 13.4. The second kappa shape index (κ2) is 6.53. The smallest absolute Gasteiger partial charge is 0.123 e. The normalized spacial score (nSPS) is 12.2. The molecule has 0 aromatic heterocycles. The van der Waals surface area contributed by atoms with Crippen molar-refractivity contribution in [2.45, 2.75) is 26.4 Å². The molecule has 0 aliphatic rings. The van der Waals surface area contributed by atoms with Gasteiger partial charge in [0.2, 0.25) is 0 Å². The maximum absolute atomic E-state index is 12.8. The van der Waals surface area contributed by atoms with Crippen LogP contribution in [0.5, 0.6) is 0 Å². The van der Waals surface area contributed by atoms with Gasteiger partial charge in [0.1, 0.15) is 5.82 Å². The Morgan fingerprint density at radius 1 is 1.05 bits per heavy atom. The molecule has 1 unspecified atom stereocenters. The van der Waals surface area contributed by atoms with Gasteiger partial charge in [0, 0.05) is 12.2 Å². The standard InChI is InChI=1S/C17H20FNO/c1-12-4-3-5-13(2)17(12)19-11-10-16(20)14-6-8-15(18)9-7-14/h3-9,16,19-20H,10-11H2,1-2H3. The summed E-state index contributed by atoms with van der Waals surface area (Å²) in [7, 11) is 0. The molecule has 2 N–H and O–H groups in total. The molecule has 106 valence electrons. The lowest BCUT2D eigenvalue weighted by atomic mass is 10.1. The summed E-state index contributed by atoms with van der Waals surface area (Å²) in [6.45, 7) is 4.79. The summed E-state index contributed by atoms with van der Waals surface area (Å²) in [4.78, 5) is 0. The van der Waals surface area contributed by atoms with Crippen LogP contribution < -0.4 is 5.32 Å². The van der Waals surface area contributed by atoms with E-state index in [9.17, 15) is 9.50 Å². The van der Waals surface area contributed by atoms with Crippen molar-refractivity contribution in [3.63, 3.8) is 0 Å². The first-order valence-corrected chi connectivity index (χ1v) is 6.81. The van der Waals surface area contributed by atoms with Gasteiger partial charge in [0.05, 0.1) is 6.10 Å². The van der Waals surface area contributed by atoms with E-state index in [4.69, 9.17) is 0 Å². The van der Waals surface area contributed by atoms with Crippen LogP contribution in [0, 0.1) is 19.7 Å². The third kappa shape index (κ3) is 3.58. The van der Waals surface area contributed by atoms with E-state index in [-0.39, 0.29) is 5.82 Å². The Balaban J connectivity index is 1.91. The highest BCUT2D eigenvalue weighted by molar-refractivity contribution is 5.56. The van der Waals surface area contributed by atoms with Crippen LogP contribution in [-0.4, -0.2) is 11.7 Å². The maximum atomic E-state index is 12.8. The van der Waals surface area contributed by atoms with Gasteiger partial charge < -0.3 is 10.4 Å². The van der Waals surface area contributed by atoms with Crippen molar-refractivity contribution in [3.05, 3.63) is 65.0 Å². The zero-order chi connectivity index (χ0) is 14.5. The average molecular weight is 273 g/mol. The number of hydrogen-bond acceptors (Lipinski definition) is 2. The Labute approximate surface area is 119 Å². The summed E-state index contributed by atoms with van der Waals surface area (Å²) in [6, 6.07) is 12.1. The van der Waals surface area contributed by atoms with Crippen molar-refractivity contribution in [1.29, 1.82) is 0 Å². The number of halogens is 1. The Kier molecular flexibility index (Phi) is 4.74. The van der Waals surface area contributed by atoms with Crippen molar-refractivity contribution in [2.24, 2.45) is 0 Å². The van der Waals surface area contributed by atoms with Crippen LogP contribution >= 0.6 is 0 Å². The number of para-hydroxylation sites is 1. The molecule has 0 fully saturated rings. The van der Waals surface area contributed by atoms with Gasteiger partial charge in [-0.15, -0.1) is 0 Å². The highest BCUT2D eigenvalue weighted by Crippen LogP contribution is 2.21. The van der Waals surface area contributed by atoms with Crippen molar-refractivity contribution >= 4 is 5.69 Å². The summed E-state index contributed by atoms with van der Waals surface area (Å²) in [6.07, 6.45) is 0.00629. The first-order valence-electron chi connectivity index (χ1n) is 6.81. The number of rotatable bonds is 5. The number of aliphatic hydroxyl groups is 1. The monoisotopic (exact) mass is 273 g/mol. The van der Waals surface area contributed by atoms with Crippen molar-refractivity contribution in [2.75, 3.05) is 11.9 Å². The largest absolute Gasteiger partial charge is 0.388 e. The minimum atomic E-state index is -0.576. The fraction of sp³-hybridized carbons (Fsp3) is 0.294. The molecule has 0 bridgehead atoms. The highest BCUT2D eigenvalue weighted by atomic mass is 19.1. The van der Waals surface area contributed by atoms with E-state index in [1.54, 1.807) is 12.1 Å². The fourth-order valence-electron chi connectivity index (χ4n) is 2.28. The molecular formula is C17H20FNO. The molecule has 2 aromatic carbocycles. The third-order valence-corrected chi connectivity index (χ3v) is 3.46. The second-order valence-corrected chi connectivity index (χ2v) is 5.05. The number of aryl methyl sites for hydroxylation is 2. The molecule has 20 heavy (non-hydrogen) atoms. The molecule has 0 aliphatic carbocycles. The van der Waals surface area contributed by atoms with Crippen LogP contribution in [0.3, 0.4) is 0 Å². The van der Waals surface area contributed by atoms with E-state index in [0.29, 0.717) is 13.0 Å². The van der Waals surface area contributed by atoms with Crippen LogP contribution in [0.2, 0.25) is 0 Å². The van der Waals surface area contributed by atoms with Crippen LogP contribution in [0.4, 0.5) is 10.1 Å².